The Morgan fingerprint density at radius 3 is 2.34 bits per heavy atom. The number of hydrogen-bond donors (Lipinski definition) is 1. The number of amides is 4. The first kappa shape index (κ1) is 18.9. The Morgan fingerprint density at radius 2 is 1.79 bits per heavy atom. The molecule has 2 atom stereocenters. The van der Waals surface area contributed by atoms with Gasteiger partial charge in [-0.3, -0.25) is 33.7 Å². The van der Waals surface area contributed by atoms with Gasteiger partial charge in [0, 0.05) is 19.7 Å². The Morgan fingerprint density at radius 1 is 1.17 bits per heavy atom. The molecule has 0 bridgehead atoms. The lowest BCUT2D eigenvalue weighted by Crippen LogP contribution is -2.52. The minimum Gasteiger partial charge on any atom is -0.342 e. The second kappa shape index (κ2) is 6.84. The highest BCUT2D eigenvalue weighted by atomic mass is 16.2. The zero-order valence-corrected chi connectivity index (χ0v) is 16.4. The number of carbonyl (C=O) groups is 4. The third-order valence-corrected chi connectivity index (χ3v) is 5.37. The average Bonchev–Trinajstić information content (AvgIpc) is 3.30. The van der Waals surface area contributed by atoms with Gasteiger partial charge in [0.2, 0.25) is 5.91 Å². The Hall–Kier alpha value is -3.49. The van der Waals surface area contributed by atoms with Crippen molar-refractivity contribution in [3.63, 3.8) is 0 Å². The second-order valence-corrected chi connectivity index (χ2v) is 7.31. The van der Waals surface area contributed by atoms with Crippen LogP contribution in [-0.2, 0) is 16.6 Å². The minimum atomic E-state index is -1.02. The van der Waals surface area contributed by atoms with Gasteiger partial charge < -0.3 is 5.32 Å². The minimum absolute atomic E-state index is 0.240. The molecule has 29 heavy (non-hydrogen) atoms. The van der Waals surface area contributed by atoms with Crippen LogP contribution < -0.4 is 10.2 Å². The quantitative estimate of drug-likeness (QED) is 0.765. The van der Waals surface area contributed by atoms with Crippen LogP contribution in [0.4, 0.5) is 5.82 Å². The zero-order valence-electron chi connectivity index (χ0n) is 16.4. The van der Waals surface area contributed by atoms with Crippen LogP contribution in [0.3, 0.4) is 0 Å². The average molecular weight is 395 g/mol. The monoisotopic (exact) mass is 395 g/mol. The zero-order chi connectivity index (χ0) is 20.9. The number of imide groups is 1. The van der Waals surface area contributed by atoms with E-state index in [9.17, 15) is 19.2 Å². The molecule has 150 valence electrons. The topological polar surface area (TPSA) is 105 Å². The van der Waals surface area contributed by atoms with E-state index >= 15 is 0 Å². The van der Waals surface area contributed by atoms with Gasteiger partial charge in [-0.15, -0.1) is 0 Å². The van der Waals surface area contributed by atoms with E-state index in [-0.39, 0.29) is 17.0 Å². The van der Waals surface area contributed by atoms with E-state index in [1.54, 1.807) is 40.9 Å². The lowest BCUT2D eigenvalue weighted by atomic mass is 10.1. The summed E-state index contributed by atoms with van der Waals surface area (Å²) in [6.07, 6.45) is 0.434. The molecule has 0 spiro atoms. The number of aryl methyl sites for hydroxylation is 2. The van der Waals surface area contributed by atoms with Gasteiger partial charge in [-0.05, 0) is 32.4 Å². The molecule has 0 aliphatic carbocycles. The summed E-state index contributed by atoms with van der Waals surface area (Å²) in [4.78, 5) is 53.2. The Labute approximate surface area is 167 Å². The van der Waals surface area contributed by atoms with Crippen molar-refractivity contribution in [2.24, 2.45) is 7.05 Å². The van der Waals surface area contributed by atoms with Crippen molar-refractivity contribution < 1.29 is 19.2 Å². The van der Waals surface area contributed by atoms with Crippen molar-refractivity contribution in [1.29, 1.82) is 0 Å². The maximum atomic E-state index is 12.8. The molecule has 1 fully saturated rings. The number of hydrogen-bond acceptors (Lipinski definition) is 5. The molecule has 3 heterocycles. The van der Waals surface area contributed by atoms with Crippen LogP contribution in [0.5, 0.6) is 0 Å². The summed E-state index contributed by atoms with van der Waals surface area (Å²) in [7, 11) is 1.76. The Balaban J connectivity index is 1.46. The smallest absolute Gasteiger partial charge is 0.262 e. The molecule has 0 unspecified atom stereocenters. The van der Waals surface area contributed by atoms with Crippen molar-refractivity contribution in [1.82, 2.24) is 20.0 Å². The van der Waals surface area contributed by atoms with Crippen molar-refractivity contribution in [3.05, 3.63) is 47.2 Å². The number of benzene rings is 1. The van der Waals surface area contributed by atoms with Crippen molar-refractivity contribution in [2.45, 2.75) is 32.4 Å². The van der Waals surface area contributed by atoms with Crippen LogP contribution in [0, 0.1) is 6.92 Å². The van der Waals surface area contributed by atoms with Gasteiger partial charge in [0.05, 0.1) is 16.8 Å². The summed E-state index contributed by atoms with van der Waals surface area (Å²) < 4.78 is 1.62. The van der Waals surface area contributed by atoms with Gasteiger partial charge in [-0.25, -0.2) is 0 Å². The first-order valence-corrected chi connectivity index (χ1v) is 9.39. The number of nitrogens with zero attached hydrogens (tertiary/aromatic N) is 4. The molecule has 1 aromatic carbocycles. The van der Waals surface area contributed by atoms with Crippen molar-refractivity contribution in [2.75, 3.05) is 11.4 Å². The molecule has 4 rings (SSSR count). The Kier molecular flexibility index (Phi) is 4.45. The largest absolute Gasteiger partial charge is 0.342 e. The van der Waals surface area contributed by atoms with Crippen LogP contribution in [0.15, 0.2) is 30.3 Å². The van der Waals surface area contributed by atoms with Crippen LogP contribution >= 0.6 is 0 Å². The molecule has 0 saturated carbocycles. The number of anilines is 1. The molecule has 2 aliphatic heterocycles. The SMILES string of the molecule is Cc1cc(N2CC[C@H](NC(=O)[C@@H](C)N3C(=O)c4ccccc4C3=O)C2=O)n(C)n1. The number of fused-ring (bicyclic) bond motifs is 1. The highest BCUT2D eigenvalue weighted by Crippen LogP contribution is 2.25. The highest BCUT2D eigenvalue weighted by Gasteiger charge is 2.42. The molecule has 2 aromatic rings. The molecule has 9 heteroatoms. The predicted octanol–water partition coefficient (Wildman–Crippen LogP) is 0.635. The van der Waals surface area contributed by atoms with Crippen LogP contribution in [0.1, 0.15) is 39.8 Å². The first-order valence-electron chi connectivity index (χ1n) is 9.39. The Bertz CT molecular complexity index is 1010. The second-order valence-electron chi connectivity index (χ2n) is 7.31. The maximum Gasteiger partial charge on any atom is 0.262 e. The van der Waals surface area contributed by atoms with Crippen molar-refractivity contribution in [3.8, 4) is 0 Å². The number of aromatic nitrogens is 2. The first-order chi connectivity index (χ1) is 13.8. The standard InChI is InChI=1S/C20H21N5O4/c1-11-10-16(23(3)22-11)24-9-8-15(20(24)29)21-17(26)12(2)25-18(27)13-6-4-5-7-14(13)19(25)28/h4-7,10,12,15H,8-9H2,1-3H3,(H,21,26)/t12-,15+/m1/s1. The number of rotatable bonds is 4. The maximum absolute atomic E-state index is 12.8. The fourth-order valence-corrected chi connectivity index (χ4v) is 3.86. The lowest BCUT2D eigenvalue weighted by Gasteiger charge is -2.23. The highest BCUT2D eigenvalue weighted by molar-refractivity contribution is 6.22. The lowest BCUT2D eigenvalue weighted by molar-refractivity contribution is -0.128. The van der Waals surface area contributed by atoms with E-state index in [2.05, 4.69) is 10.4 Å². The van der Waals surface area contributed by atoms with Gasteiger partial charge in [-0.1, -0.05) is 12.1 Å². The molecule has 1 aromatic heterocycles. The summed E-state index contributed by atoms with van der Waals surface area (Å²) >= 11 is 0. The van der Waals surface area contributed by atoms with Gasteiger partial charge in [0.15, 0.2) is 0 Å². The number of carbonyl (C=O) groups excluding carboxylic acids is 4. The van der Waals surface area contributed by atoms with Crippen LogP contribution in [-0.4, -0.2) is 56.9 Å². The summed E-state index contributed by atoms with van der Waals surface area (Å²) in [5.74, 6) is -1.12. The van der Waals surface area contributed by atoms with Crippen LogP contribution in [0.25, 0.3) is 0 Å². The summed E-state index contributed by atoms with van der Waals surface area (Å²) in [5.41, 5.74) is 1.36. The molecule has 4 amide bonds. The molecular formula is C20H21N5O4. The molecule has 9 nitrogen and oxygen atoms in total. The third-order valence-electron chi connectivity index (χ3n) is 5.37. The summed E-state index contributed by atoms with van der Waals surface area (Å²) in [6.45, 7) is 3.77. The molecule has 2 aliphatic rings. The summed E-state index contributed by atoms with van der Waals surface area (Å²) in [6, 6.07) is 6.54. The van der Waals surface area contributed by atoms with E-state index in [0.29, 0.717) is 18.8 Å². The van der Waals surface area contributed by atoms with Gasteiger partial charge in [0.25, 0.3) is 17.7 Å². The normalized spacial score (nSPS) is 19.7. The summed E-state index contributed by atoms with van der Waals surface area (Å²) in [5, 5.41) is 6.94. The van der Waals surface area contributed by atoms with Gasteiger partial charge >= 0.3 is 0 Å². The van der Waals surface area contributed by atoms with E-state index in [0.717, 1.165) is 10.6 Å². The van der Waals surface area contributed by atoms with E-state index in [1.165, 1.54) is 6.92 Å². The van der Waals surface area contributed by atoms with Gasteiger partial charge in [0.1, 0.15) is 17.9 Å². The molecule has 1 saturated heterocycles. The number of nitrogens with one attached hydrogen (secondary N) is 1. The third kappa shape index (κ3) is 2.98. The van der Waals surface area contributed by atoms with Gasteiger partial charge in [-0.2, -0.15) is 5.10 Å². The van der Waals surface area contributed by atoms with E-state index in [1.807, 2.05) is 13.0 Å². The van der Waals surface area contributed by atoms with Crippen molar-refractivity contribution >= 4 is 29.4 Å². The predicted molar refractivity (Wildman–Crippen MR) is 103 cm³/mol. The molecule has 0 radical (unpaired) electrons. The molecular weight excluding hydrogens is 374 g/mol. The molecule has 1 N–H and O–H groups in total. The fourth-order valence-electron chi connectivity index (χ4n) is 3.86. The van der Waals surface area contributed by atoms with E-state index < -0.39 is 29.8 Å². The van der Waals surface area contributed by atoms with Crippen LogP contribution in [0.2, 0.25) is 0 Å². The van der Waals surface area contributed by atoms with E-state index in [4.69, 9.17) is 0 Å². The fraction of sp³-hybridized carbons (Fsp3) is 0.350.